The topological polar surface area (TPSA) is 93.3 Å². The first kappa shape index (κ1) is 26.0. The fraction of sp³-hybridized carbons (Fsp3) is 0.318. The van der Waals surface area contributed by atoms with Crippen molar-refractivity contribution in [3.63, 3.8) is 0 Å². The van der Waals surface area contributed by atoms with E-state index in [0.29, 0.717) is 24.8 Å². The standard InChI is InChI=1S/C22H21ClF3N3O4/c1-13-8-15(14(2)29(13)6-7-32-3)9-16(11-27)21(31)33-12-20(30)28-19-10-17(22(24,25)26)4-5-18(19)23/h4-5,8-10H,6-7,12H2,1-3H3,(H,28,30)/b16-9+. The van der Waals surface area contributed by atoms with Crippen molar-refractivity contribution < 1.29 is 32.2 Å². The Morgan fingerprint density at radius 1 is 1.27 bits per heavy atom. The first-order chi connectivity index (χ1) is 15.5. The number of aromatic nitrogens is 1. The number of carbonyl (C=O) groups is 2. The highest BCUT2D eigenvalue weighted by Crippen LogP contribution is 2.33. The maximum absolute atomic E-state index is 12.8. The van der Waals surface area contributed by atoms with Crippen molar-refractivity contribution in [3.8, 4) is 6.07 Å². The summed E-state index contributed by atoms with van der Waals surface area (Å²) in [6, 6.07) is 5.95. The van der Waals surface area contributed by atoms with Crippen molar-refractivity contribution in [2.24, 2.45) is 0 Å². The summed E-state index contributed by atoms with van der Waals surface area (Å²) in [6.07, 6.45) is -3.28. The Bertz CT molecular complexity index is 1120. The lowest BCUT2D eigenvalue weighted by molar-refractivity contribution is -0.142. The molecule has 0 saturated carbocycles. The van der Waals surface area contributed by atoms with E-state index in [1.165, 1.54) is 6.08 Å². The van der Waals surface area contributed by atoms with Crippen LogP contribution >= 0.6 is 11.6 Å². The van der Waals surface area contributed by atoms with Crippen molar-refractivity contribution in [3.05, 3.63) is 57.4 Å². The summed E-state index contributed by atoms with van der Waals surface area (Å²) in [5.74, 6) is -1.97. The van der Waals surface area contributed by atoms with Crippen LogP contribution in [0.25, 0.3) is 6.08 Å². The fourth-order valence-electron chi connectivity index (χ4n) is 2.99. The number of alkyl halides is 3. The number of benzene rings is 1. The van der Waals surface area contributed by atoms with Crippen molar-refractivity contribution in [2.45, 2.75) is 26.6 Å². The molecule has 0 unspecified atom stereocenters. The third-order valence-electron chi connectivity index (χ3n) is 4.67. The van der Waals surface area contributed by atoms with Crippen LogP contribution in [0.4, 0.5) is 18.9 Å². The van der Waals surface area contributed by atoms with Crippen LogP contribution in [0.3, 0.4) is 0 Å². The Kier molecular flexibility index (Phi) is 8.68. The van der Waals surface area contributed by atoms with Crippen LogP contribution in [0.15, 0.2) is 29.8 Å². The molecule has 1 heterocycles. The van der Waals surface area contributed by atoms with Crippen LogP contribution in [0.1, 0.15) is 22.5 Å². The average molecular weight is 484 g/mol. The summed E-state index contributed by atoms with van der Waals surface area (Å²) >= 11 is 5.83. The number of hydrogen-bond acceptors (Lipinski definition) is 5. The Morgan fingerprint density at radius 3 is 2.58 bits per heavy atom. The Labute approximate surface area is 193 Å². The second kappa shape index (κ2) is 11.0. The van der Waals surface area contributed by atoms with Gasteiger partial charge >= 0.3 is 12.1 Å². The molecule has 0 aliphatic rings. The highest BCUT2D eigenvalue weighted by molar-refractivity contribution is 6.33. The predicted molar refractivity (Wildman–Crippen MR) is 115 cm³/mol. The summed E-state index contributed by atoms with van der Waals surface area (Å²) in [7, 11) is 1.58. The van der Waals surface area contributed by atoms with Gasteiger partial charge in [0.2, 0.25) is 0 Å². The molecule has 2 rings (SSSR count). The minimum atomic E-state index is -4.62. The van der Waals surface area contributed by atoms with Crippen LogP contribution in [0.5, 0.6) is 0 Å². The van der Waals surface area contributed by atoms with Crippen LogP contribution in [-0.4, -0.2) is 36.8 Å². The Morgan fingerprint density at radius 2 is 1.97 bits per heavy atom. The average Bonchev–Trinajstić information content (AvgIpc) is 3.01. The Hall–Kier alpha value is -3.29. The van der Waals surface area contributed by atoms with Crippen molar-refractivity contribution in [1.29, 1.82) is 5.26 Å². The zero-order valence-corrected chi connectivity index (χ0v) is 18.8. The number of esters is 1. The van der Waals surface area contributed by atoms with Crippen LogP contribution < -0.4 is 5.32 Å². The first-order valence-corrected chi connectivity index (χ1v) is 9.97. The lowest BCUT2D eigenvalue weighted by Crippen LogP contribution is -2.22. The molecule has 0 saturated heterocycles. The normalized spacial score (nSPS) is 11.8. The Balaban J connectivity index is 2.08. The molecule has 1 aromatic heterocycles. The van der Waals surface area contributed by atoms with E-state index in [1.54, 1.807) is 19.2 Å². The predicted octanol–water partition coefficient (Wildman–Crippen LogP) is 4.51. The molecule has 0 fully saturated rings. The van der Waals surface area contributed by atoms with E-state index in [1.807, 2.05) is 18.4 Å². The lowest BCUT2D eigenvalue weighted by atomic mass is 10.1. The number of anilines is 1. The summed E-state index contributed by atoms with van der Waals surface area (Å²) in [6.45, 7) is 3.94. The van der Waals surface area contributed by atoms with Crippen LogP contribution in [0, 0.1) is 25.2 Å². The van der Waals surface area contributed by atoms with Gasteiger partial charge in [0.25, 0.3) is 5.91 Å². The van der Waals surface area contributed by atoms with Crippen LogP contribution in [0.2, 0.25) is 5.02 Å². The minimum absolute atomic E-state index is 0.121. The second-order valence-electron chi connectivity index (χ2n) is 6.96. The number of nitrogens with zero attached hydrogens (tertiary/aromatic N) is 2. The number of ether oxygens (including phenoxy) is 2. The third kappa shape index (κ3) is 6.84. The highest BCUT2D eigenvalue weighted by Gasteiger charge is 2.31. The molecule has 1 N–H and O–H groups in total. The molecule has 0 atom stereocenters. The second-order valence-corrected chi connectivity index (χ2v) is 7.36. The SMILES string of the molecule is COCCn1c(C)cc(/C=C(\C#N)C(=O)OCC(=O)Nc2cc(C(F)(F)F)ccc2Cl)c1C. The van der Waals surface area contributed by atoms with Gasteiger partial charge in [0.05, 0.1) is 22.9 Å². The number of halogens is 4. The number of rotatable bonds is 8. The number of amides is 1. The van der Waals surface area contributed by atoms with E-state index in [0.717, 1.165) is 23.5 Å². The van der Waals surface area contributed by atoms with Gasteiger partial charge in [-0.1, -0.05) is 11.6 Å². The monoisotopic (exact) mass is 483 g/mol. The summed E-state index contributed by atoms with van der Waals surface area (Å²) in [5.41, 5.74) is 0.703. The number of carbonyl (C=O) groups excluding carboxylic acids is 2. The molecule has 7 nitrogen and oxygen atoms in total. The number of nitriles is 1. The molecule has 1 amide bonds. The molecule has 0 aliphatic heterocycles. The summed E-state index contributed by atoms with van der Waals surface area (Å²) in [4.78, 5) is 24.3. The third-order valence-corrected chi connectivity index (χ3v) is 5.00. The van der Waals surface area contributed by atoms with Gasteiger partial charge in [0, 0.05) is 25.0 Å². The molecule has 0 spiro atoms. The van der Waals surface area contributed by atoms with E-state index in [4.69, 9.17) is 21.1 Å². The van der Waals surface area contributed by atoms with Gasteiger partial charge in [0.15, 0.2) is 6.61 Å². The van der Waals surface area contributed by atoms with Gasteiger partial charge in [-0.3, -0.25) is 4.79 Å². The minimum Gasteiger partial charge on any atom is -0.451 e. The number of aryl methyl sites for hydroxylation is 1. The molecule has 0 aliphatic carbocycles. The van der Waals surface area contributed by atoms with Gasteiger partial charge in [-0.15, -0.1) is 0 Å². The number of nitrogens with one attached hydrogen (secondary N) is 1. The van der Waals surface area contributed by atoms with Gasteiger partial charge < -0.3 is 19.4 Å². The zero-order valence-electron chi connectivity index (χ0n) is 18.0. The zero-order chi connectivity index (χ0) is 24.8. The van der Waals surface area contributed by atoms with E-state index < -0.39 is 30.2 Å². The molecule has 0 bridgehead atoms. The quantitative estimate of drug-likeness (QED) is 0.339. The van der Waals surface area contributed by atoms with Crippen molar-refractivity contribution in [1.82, 2.24) is 4.57 Å². The molecule has 1 aromatic carbocycles. The molecular formula is C22H21ClF3N3O4. The lowest BCUT2D eigenvalue weighted by Gasteiger charge is -2.11. The summed E-state index contributed by atoms with van der Waals surface area (Å²) < 4.78 is 50.4. The van der Waals surface area contributed by atoms with Crippen molar-refractivity contribution in [2.75, 3.05) is 25.6 Å². The number of methoxy groups -OCH3 is 1. The maximum Gasteiger partial charge on any atom is 0.416 e. The highest BCUT2D eigenvalue weighted by atomic mass is 35.5. The van der Waals surface area contributed by atoms with Gasteiger partial charge in [-0.2, -0.15) is 18.4 Å². The molecule has 176 valence electrons. The molecule has 0 radical (unpaired) electrons. The van der Waals surface area contributed by atoms with Gasteiger partial charge in [-0.25, -0.2) is 4.79 Å². The largest absolute Gasteiger partial charge is 0.451 e. The van der Waals surface area contributed by atoms with Gasteiger partial charge in [0.1, 0.15) is 11.6 Å². The van der Waals surface area contributed by atoms with Gasteiger partial charge in [-0.05, 0) is 49.8 Å². The molecule has 2 aromatic rings. The van der Waals surface area contributed by atoms with Crippen LogP contribution in [-0.2, 0) is 31.8 Å². The van der Waals surface area contributed by atoms with Crippen molar-refractivity contribution >= 4 is 35.2 Å². The molecule has 33 heavy (non-hydrogen) atoms. The van der Waals surface area contributed by atoms with E-state index in [-0.39, 0.29) is 16.3 Å². The molecule has 11 heteroatoms. The van der Waals surface area contributed by atoms with E-state index in [2.05, 4.69) is 5.32 Å². The van der Waals surface area contributed by atoms with E-state index >= 15 is 0 Å². The molecular weight excluding hydrogens is 463 g/mol. The first-order valence-electron chi connectivity index (χ1n) is 9.59. The number of hydrogen-bond donors (Lipinski definition) is 1. The smallest absolute Gasteiger partial charge is 0.416 e. The fourth-order valence-corrected chi connectivity index (χ4v) is 3.15. The maximum atomic E-state index is 12.8. The summed E-state index contributed by atoms with van der Waals surface area (Å²) in [5, 5.41) is 11.4. The van der Waals surface area contributed by atoms with E-state index in [9.17, 15) is 28.0 Å².